The molecule has 0 radical (unpaired) electrons. The van der Waals surface area contributed by atoms with Crippen molar-refractivity contribution in [3.8, 4) is 0 Å². The molecule has 0 saturated carbocycles. The van der Waals surface area contributed by atoms with E-state index in [4.69, 9.17) is 4.98 Å². The van der Waals surface area contributed by atoms with Crippen LogP contribution in [-0.2, 0) is 0 Å². The lowest BCUT2D eigenvalue weighted by atomic mass is 10.1. The second-order valence-corrected chi connectivity index (χ2v) is 6.35. The highest BCUT2D eigenvalue weighted by Gasteiger charge is 2.07. The third kappa shape index (κ3) is 2.87. The van der Waals surface area contributed by atoms with E-state index in [0.717, 1.165) is 44.0 Å². The smallest absolute Gasteiger partial charge is 0.0749 e. The number of para-hydroxylation sites is 2. The van der Waals surface area contributed by atoms with E-state index in [1.165, 1.54) is 0 Å². The normalized spacial score (nSPS) is 11.6. The molecule has 0 spiro atoms. The molecular formula is C23H16N4. The van der Waals surface area contributed by atoms with E-state index in [9.17, 15) is 0 Å². The zero-order valence-electron chi connectivity index (χ0n) is 14.5. The average molecular weight is 348 g/mol. The Morgan fingerprint density at radius 3 is 2.26 bits per heavy atom. The first kappa shape index (κ1) is 15.5. The molecule has 0 unspecified atom stereocenters. The molecule has 0 saturated heterocycles. The van der Waals surface area contributed by atoms with Gasteiger partial charge in [0.25, 0.3) is 0 Å². The number of pyridine rings is 2. The quantitative estimate of drug-likeness (QED) is 0.270. The van der Waals surface area contributed by atoms with Gasteiger partial charge in [0.1, 0.15) is 0 Å². The summed E-state index contributed by atoms with van der Waals surface area (Å²) in [5, 5.41) is 7.71. The maximum Gasteiger partial charge on any atom is 0.0749 e. The summed E-state index contributed by atoms with van der Waals surface area (Å²) >= 11 is 0. The van der Waals surface area contributed by atoms with Gasteiger partial charge >= 0.3 is 0 Å². The molecule has 2 aromatic heterocycles. The number of benzene rings is 3. The molecule has 0 amide bonds. The van der Waals surface area contributed by atoms with Gasteiger partial charge in [-0.25, -0.2) is 4.98 Å². The van der Waals surface area contributed by atoms with E-state index in [1.54, 1.807) is 6.20 Å². The van der Waals surface area contributed by atoms with Crippen LogP contribution in [0.15, 0.2) is 90.2 Å². The summed E-state index contributed by atoms with van der Waals surface area (Å²) < 4.78 is 0. The Balaban J connectivity index is 1.55. The molecule has 3 aromatic carbocycles. The Kier molecular flexibility index (Phi) is 3.72. The lowest BCUT2D eigenvalue weighted by molar-refractivity contribution is 1.36. The van der Waals surface area contributed by atoms with Crippen LogP contribution >= 0.6 is 0 Å². The molecule has 5 aromatic rings. The molecule has 4 nitrogen and oxygen atoms in total. The van der Waals surface area contributed by atoms with Crippen molar-refractivity contribution in [2.75, 3.05) is 5.43 Å². The molecule has 0 aliphatic heterocycles. The lowest BCUT2D eigenvalue weighted by Gasteiger charge is -2.09. The van der Waals surface area contributed by atoms with Crippen LogP contribution in [0.4, 0.5) is 5.69 Å². The van der Waals surface area contributed by atoms with Crippen LogP contribution < -0.4 is 5.43 Å². The third-order valence-electron chi connectivity index (χ3n) is 4.61. The van der Waals surface area contributed by atoms with Crippen LogP contribution in [0, 0.1) is 0 Å². The van der Waals surface area contributed by atoms with Gasteiger partial charge in [0.15, 0.2) is 0 Å². The lowest BCUT2D eigenvalue weighted by Crippen LogP contribution is -1.95. The Hall–Kier alpha value is -3.79. The van der Waals surface area contributed by atoms with Crippen molar-refractivity contribution in [3.05, 3.63) is 90.6 Å². The predicted molar refractivity (Wildman–Crippen MR) is 112 cm³/mol. The average Bonchev–Trinajstić information content (AvgIpc) is 2.73. The summed E-state index contributed by atoms with van der Waals surface area (Å²) in [7, 11) is 0. The molecule has 0 aliphatic rings. The van der Waals surface area contributed by atoms with Crippen LogP contribution in [0.5, 0.6) is 0 Å². The van der Waals surface area contributed by atoms with E-state index in [0.29, 0.717) is 0 Å². The molecular weight excluding hydrogens is 332 g/mol. The molecule has 1 N–H and O–H groups in total. The Labute approximate surface area is 156 Å². The summed E-state index contributed by atoms with van der Waals surface area (Å²) in [6.45, 7) is 0. The van der Waals surface area contributed by atoms with Gasteiger partial charge in [0.2, 0.25) is 0 Å². The third-order valence-corrected chi connectivity index (χ3v) is 4.61. The van der Waals surface area contributed by atoms with Crippen molar-refractivity contribution >= 4 is 44.6 Å². The van der Waals surface area contributed by atoms with E-state index < -0.39 is 0 Å². The van der Waals surface area contributed by atoms with Gasteiger partial charge in [-0.2, -0.15) is 5.10 Å². The van der Waals surface area contributed by atoms with Crippen LogP contribution in [0.1, 0.15) is 5.56 Å². The number of hydrazone groups is 1. The van der Waals surface area contributed by atoms with Crippen molar-refractivity contribution in [1.29, 1.82) is 0 Å². The highest BCUT2D eigenvalue weighted by atomic mass is 15.3. The minimum absolute atomic E-state index is 0.948. The number of hydrogen-bond acceptors (Lipinski definition) is 4. The van der Waals surface area contributed by atoms with E-state index in [1.807, 2.05) is 60.8 Å². The van der Waals surface area contributed by atoms with Crippen molar-refractivity contribution in [2.45, 2.75) is 0 Å². The first-order chi connectivity index (χ1) is 13.4. The first-order valence-electron chi connectivity index (χ1n) is 8.80. The minimum Gasteiger partial charge on any atom is -0.277 e. The topological polar surface area (TPSA) is 50.2 Å². The molecule has 27 heavy (non-hydrogen) atoms. The number of aromatic nitrogens is 2. The van der Waals surface area contributed by atoms with E-state index in [-0.39, 0.29) is 0 Å². The second kappa shape index (κ2) is 6.50. The molecule has 5 rings (SSSR count). The van der Waals surface area contributed by atoms with Gasteiger partial charge in [-0.05, 0) is 29.8 Å². The molecule has 0 fully saturated rings. The summed E-state index contributed by atoms with van der Waals surface area (Å²) in [4.78, 5) is 9.14. The highest BCUT2D eigenvalue weighted by molar-refractivity contribution is 6.07. The van der Waals surface area contributed by atoms with E-state index in [2.05, 4.69) is 39.8 Å². The molecule has 0 aliphatic carbocycles. The van der Waals surface area contributed by atoms with E-state index >= 15 is 0 Å². The number of nitrogens with zero attached hydrogens (tertiary/aromatic N) is 3. The summed E-state index contributed by atoms with van der Waals surface area (Å²) in [6, 6.07) is 26.3. The molecule has 2 heterocycles. The Bertz CT molecular complexity index is 1250. The number of hydrogen-bond donors (Lipinski definition) is 1. The van der Waals surface area contributed by atoms with Crippen molar-refractivity contribution in [3.63, 3.8) is 0 Å². The first-order valence-corrected chi connectivity index (χ1v) is 8.80. The van der Waals surface area contributed by atoms with Gasteiger partial charge in [-0.15, -0.1) is 0 Å². The monoisotopic (exact) mass is 348 g/mol. The Morgan fingerprint density at radius 2 is 1.48 bits per heavy atom. The highest BCUT2D eigenvalue weighted by Crippen LogP contribution is 2.30. The molecule has 0 bridgehead atoms. The zero-order chi connectivity index (χ0) is 18.1. The minimum atomic E-state index is 0.948. The second-order valence-electron chi connectivity index (χ2n) is 6.35. The van der Waals surface area contributed by atoms with Gasteiger partial charge < -0.3 is 0 Å². The number of rotatable bonds is 3. The summed E-state index contributed by atoms with van der Waals surface area (Å²) in [5.74, 6) is 0. The van der Waals surface area contributed by atoms with Gasteiger partial charge in [-0.1, -0.05) is 54.6 Å². The fourth-order valence-electron chi connectivity index (χ4n) is 3.30. The summed E-state index contributed by atoms with van der Waals surface area (Å²) in [5.41, 5.74) is 8.05. The van der Waals surface area contributed by atoms with Crippen molar-refractivity contribution < 1.29 is 0 Å². The van der Waals surface area contributed by atoms with Crippen molar-refractivity contribution in [1.82, 2.24) is 9.97 Å². The van der Waals surface area contributed by atoms with Crippen molar-refractivity contribution in [2.24, 2.45) is 5.10 Å². The van der Waals surface area contributed by atoms with Crippen LogP contribution in [0.2, 0.25) is 0 Å². The molecule has 128 valence electrons. The van der Waals surface area contributed by atoms with Gasteiger partial charge in [0, 0.05) is 22.4 Å². The molecule has 4 heteroatoms. The largest absolute Gasteiger partial charge is 0.277 e. The predicted octanol–water partition coefficient (Wildman–Crippen LogP) is 5.38. The van der Waals surface area contributed by atoms with Crippen LogP contribution in [0.3, 0.4) is 0 Å². The SMILES string of the molecule is C(=N\Nc1c2ccccc2nc2ccccc12)/c1ccc2cccnc2c1. The van der Waals surface area contributed by atoms with Gasteiger partial charge in [0.05, 0.1) is 28.5 Å². The molecule has 0 atom stereocenters. The Morgan fingerprint density at radius 1 is 0.741 bits per heavy atom. The maximum atomic E-state index is 4.74. The zero-order valence-corrected chi connectivity index (χ0v) is 14.5. The summed E-state index contributed by atoms with van der Waals surface area (Å²) in [6.07, 6.45) is 3.62. The fraction of sp³-hybridized carbons (Fsp3) is 0. The fourth-order valence-corrected chi connectivity index (χ4v) is 3.30. The number of nitrogens with one attached hydrogen (secondary N) is 1. The standard InChI is InChI=1S/C23H16N4/c1-3-9-20-18(7-1)23(19-8-2-4-10-21(19)26-20)27-25-15-16-11-12-17-6-5-13-24-22(17)14-16/h1-15H,(H,26,27)/b25-15+. The number of fused-ring (bicyclic) bond motifs is 3. The number of anilines is 1. The maximum absolute atomic E-state index is 4.74. The van der Waals surface area contributed by atoms with Crippen LogP contribution in [0.25, 0.3) is 32.7 Å². The van der Waals surface area contributed by atoms with Gasteiger partial charge in [-0.3, -0.25) is 10.4 Å². The van der Waals surface area contributed by atoms with Crippen LogP contribution in [-0.4, -0.2) is 16.2 Å².